The second-order valence-electron chi connectivity index (χ2n) is 12.1. The van der Waals surface area contributed by atoms with Gasteiger partial charge in [-0.15, -0.1) is 0 Å². The number of unbranched alkanes of at least 4 members (excludes halogenated alkanes) is 5. The Morgan fingerprint density at radius 2 is 0.868 bits per heavy atom. The van der Waals surface area contributed by atoms with Gasteiger partial charge in [0, 0.05) is 25.2 Å². The van der Waals surface area contributed by atoms with Crippen molar-refractivity contribution in [2.45, 2.75) is 90.9 Å². The molecule has 0 aliphatic carbocycles. The number of carbonyl (C=O) groups is 2. The van der Waals surface area contributed by atoms with E-state index in [4.69, 9.17) is 0 Å². The van der Waals surface area contributed by atoms with Gasteiger partial charge in [0.2, 0.25) is 11.8 Å². The number of benzene rings is 2. The minimum atomic E-state index is -0.0448. The summed E-state index contributed by atoms with van der Waals surface area (Å²) >= 11 is 0. The fourth-order valence-electron chi connectivity index (χ4n) is 4.03. The SMILES string of the molecule is CC(C)(C)c1ccc(/C=C/C(=O)NCCCCCCCCNC(=O)/C=C/c2ccc(C(C)(C)C)cc2)cc1. The van der Waals surface area contributed by atoms with Crippen LogP contribution in [0.1, 0.15) is 102 Å². The van der Waals surface area contributed by atoms with Crippen molar-refractivity contribution < 1.29 is 9.59 Å². The van der Waals surface area contributed by atoms with E-state index in [2.05, 4.69) is 101 Å². The molecule has 0 radical (unpaired) electrons. The summed E-state index contributed by atoms with van der Waals surface area (Å²) in [6.45, 7) is 14.6. The molecule has 2 N–H and O–H groups in total. The molecule has 0 unspecified atom stereocenters. The summed E-state index contributed by atoms with van der Waals surface area (Å²) < 4.78 is 0. The molecule has 206 valence electrons. The molecule has 4 nitrogen and oxygen atoms in total. The van der Waals surface area contributed by atoms with Crippen LogP contribution in [0.5, 0.6) is 0 Å². The zero-order valence-corrected chi connectivity index (χ0v) is 24.4. The van der Waals surface area contributed by atoms with Crippen LogP contribution in [0.2, 0.25) is 0 Å². The molecule has 0 atom stereocenters. The Labute approximate surface area is 231 Å². The predicted molar refractivity (Wildman–Crippen MR) is 162 cm³/mol. The van der Waals surface area contributed by atoms with E-state index < -0.39 is 0 Å². The van der Waals surface area contributed by atoms with Crippen LogP contribution in [0.25, 0.3) is 12.2 Å². The van der Waals surface area contributed by atoms with E-state index in [1.807, 2.05) is 12.2 Å². The topological polar surface area (TPSA) is 58.2 Å². The predicted octanol–water partition coefficient (Wildman–Crippen LogP) is 7.58. The van der Waals surface area contributed by atoms with Gasteiger partial charge in [0.15, 0.2) is 0 Å². The smallest absolute Gasteiger partial charge is 0.243 e. The summed E-state index contributed by atoms with van der Waals surface area (Å²) in [5.74, 6) is -0.0896. The Balaban J connectivity index is 1.48. The molecule has 2 aromatic rings. The lowest BCUT2D eigenvalue weighted by atomic mass is 9.87. The highest BCUT2D eigenvalue weighted by atomic mass is 16.2. The molecule has 0 heterocycles. The second-order valence-corrected chi connectivity index (χ2v) is 12.1. The lowest BCUT2D eigenvalue weighted by Crippen LogP contribution is -2.22. The maximum atomic E-state index is 12.0. The molecular formula is C34H48N2O2. The molecule has 0 aromatic heterocycles. The van der Waals surface area contributed by atoms with E-state index >= 15 is 0 Å². The van der Waals surface area contributed by atoms with Crippen molar-refractivity contribution in [1.29, 1.82) is 0 Å². The molecule has 0 spiro atoms. The Morgan fingerprint density at radius 1 is 0.553 bits per heavy atom. The van der Waals surface area contributed by atoms with Crippen molar-refractivity contribution in [2.24, 2.45) is 0 Å². The number of carbonyl (C=O) groups excluding carboxylic acids is 2. The molecule has 2 amide bonds. The molecule has 0 saturated carbocycles. The van der Waals surface area contributed by atoms with Crippen molar-refractivity contribution in [3.05, 3.63) is 82.9 Å². The van der Waals surface area contributed by atoms with Crippen LogP contribution in [0.15, 0.2) is 60.7 Å². The standard InChI is InChI=1S/C34H48N2O2/c1-33(2,3)29-19-13-27(14-20-29)17-23-31(37)35-25-11-9-7-8-10-12-26-36-32(38)24-18-28-15-21-30(22-16-28)34(4,5)6/h13-24H,7-12,25-26H2,1-6H3,(H,35,37)(H,36,38)/b23-17+,24-18+. The molecule has 2 aromatic carbocycles. The van der Waals surface area contributed by atoms with Gasteiger partial charge in [-0.3, -0.25) is 9.59 Å². The monoisotopic (exact) mass is 516 g/mol. The lowest BCUT2D eigenvalue weighted by molar-refractivity contribution is -0.117. The Kier molecular flexibility index (Phi) is 12.5. The van der Waals surface area contributed by atoms with Crippen molar-refractivity contribution in [2.75, 3.05) is 13.1 Å². The first-order valence-electron chi connectivity index (χ1n) is 14.1. The highest BCUT2D eigenvalue weighted by Gasteiger charge is 2.13. The average Bonchev–Trinajstić information content (AvgIpc) is 2.86. The first-order chi connectivity index (χ1) is 17.9. The highest BCUT2D eigenvalue weighted by Crippen LogP contribution is 2.23. The minimum absolute atomic E-state index is 0.0448. The van der Waals surface area contributed by atoms with Crippen molar-refractivity contribution in [3.63, 3.8) is 0 Å². The minimum Gasteiger partial charge on any atom is -0.353 e. The number of nitrogens with one attached hydrogen (secondary N) is 2. The molecule has 0 bridgehead atoms. The maximum absolute atomic E-state index is 12.0. The van der Waals surface area contributed by atoms with Crippen LogP contribution in [0, 0.1) is 0 Å². The van der Waals surface area contributed by atoms with Crippen molar-refractivity contribution in [3.8, 4) is 0 Å². The second kappa shape index (κ2) is 15.3. The van der Waals surface area contributed by atoms with Crippen LogP contribution in [0.3, 0.4) is 0 Å². The van der Waals surface area contributed by atoms with E-state index in [0.717, 1.165) is 49.7 Å². The van der Waals surface area contributed by atoms with E-state index in [0.29, 0.717) is 13.1 Å². The van der Waals surface area contributed by atoms with Crippen LogP contribution in [0.4, 0.5) is 0 Å². The first kappa shape index (κ1) is 31.1. The number of amides is 2. The zero-order valence-electron chi connectivity index (χ0n) is 24.4. The molecule has 4 heteroatoms. The van der Waals surface area contributed by atoms with Gasteiger partial charge in [0.25, 0.3) is 0 Å². The quantitative estimate of drug-likeness (QED) is 0.213. The Hall–Kier alpha value is -3.14. The molecular weight excluding hydrogens is 468 g/mol. The molecule has 0 fully saturated rings. The van der Waals surface area contributed by atoms with E-state index in [-0.39, 0.29) is 22.6 Å². The normalized spacial score (nSPS) is 12.3. The fraction of sp³-hybridized carbons (Fsp3) is 0.471. The van der Waals surface area contributed by atoms with Gasteiger partial charge in [-0.25, -0.2) is 0 Å². The zero-order chi connectivity index (χ0) is 28.0. The Bertz CT molecular complexity index is 962. The van der Waals surface area contributed by atoms with Gasteiger partial charge in [0.05, 0.1) is 0 Å². The summed E-state index contributed by atoms with van der Waals surface area (Å²) in [4.78, 5) is 24.1. The summed E-state index contributed by atoms with van der Waals surface area (Å²) in [6, 6.07) is 16.7. The van der Waals surface area contributed by atoms with E-state index in [1.54, 1.807) is 12.2 Å². The van der Waals surface area contributed by atoms with E-state index in [1.165, 1.54) is 11.1 Å². The largest absolute Gasteiger partial charge is 0.353 e. The van der Waals surface area contributed by atoms with Gasteiger partial charge in [-0.2, -0.15) is 0 Å². The average molecular weight is 517 g/mol. The summed E-state index contributed by atoms with van der Waals surface area (Å²) in [6.07, 6.45) is 13.4. The van der Waals surface area contributed by atoms with Crippen LogP contribution in [-0.2, 0) is 20.4 Å². The summed E-state index contributed by atoms with van der Waals surface area (Å²) in [7, 11) is 0. The van der Waals surface area contributed by atoms with Crippen LogP contribution in [-0.4, -0.2) is 24.9 Å². The lowest BCUT2D eigenvalue weighted by Gasteiger charge is -2.18. The van der Waals surface area contributed by atoms with Gasteiger partial charge in [0.1, 0.15) is 0 Å². The third-order valence-corrected chi connectivity index (χ3v) is 6.61. The van der Waals surface area contributed by atoms with Crippen molar-refractivity contribution in [1.82, 2.24) is 10.6 Å². The number of hydrogen-bond donors (Lipinski definition) is 2. The number of hydrogen-bond acceptors (Lipinski definition) is 2. The van der Waals surface area contributed by atoms with Crippen LogP contribution < -0.4 is 10.6 Å². The first-order valence-corrected chi connectivity index (χ1v) is 14.1. The summed E-state index contributed by atoms with van der Waals surface area (Å²) in [5.41, 5.74) is 4.90. The summed E-state index contributed by atoms with van der Waals surface area (Å²) in [5, 5.41) is 5.93. The van der Waals surface area contributed by atoms with Crippen LogP contribution >= 0.6 is 0 Å². The fourth-order valence-corrected chi connectivity index (χ4v) is 4.03. The third-order valence-electron chi connectivity index (χ3n) is 6.61. The molecule has 2 rings (SSSR count). The molecule has 0 saturated heterocycles. The van der Waals surface area contributed by atoms with E-state index in [9.17, 15) is 9.59 Å². The molecule has 38 heavy (non-hydrogen) atoms. The van der Waals surface area contributed by atoms with Gasteiger partial charge < -0.3 is 10.6 Å². The van der Waals surface area contributed by atoms with Gasteiger partial charge >= 0.3 is 0 Å². The Morgan fingerprint density at radius 3 is 1.18 bits per heavy atom. The van der Waals surface area contributed by atoms with Crippen molar-refractivity contribution >= 4 is 24.0 Å². The maximum Gasteiger partial charge on any atom is 0.243 e. The van der Waals surface area contributed by atoms with Gasteiger partial charge in [-0.1, -0.05) is 116 Å². The molecule has 0 aliphatic heterocycles. The van der Waals surface area contributed by atoms with Gasteiger partial charge in [-0.05, 0) is 58.1 Å². The highest BCUT2D eigenvalue weighted by molar-refractivity contribution is 5.92. The number of rotatable bonds is 13. The molecule has 0 aliphatic rings. The third kappa shape index (κ3) is 12.4.